The van der Waals surface area contributed by atoms with E-state index in [1.54, 1.807) is 35.7 Å². The molecule has 6 heteroatoms. The number of allylic oxidation sites excluding steroid dienone is 5. The lowest BCUT2D eigenvalue weighted by molar-refractivity contribution is -0.136. The van der Waals surface area contributed by atoms with Gasteiger partial charge in [-0.3, -0.25) is 4.79 Å². The maximum absolute atomic E-state index is 11.1. The van der Waals surface area contributed by atoms with Crippen LogP contribution in [0.25, 0.3) is 0 Å². The van der Waals surface area contributed by atoms with Crippen molar-refractivity contribution in [2.24, 2.45) is 0 Å². The van der Waals surface area contributed by atoms with E-state index in [0.29, 0.717) is 12.1 Å². The Balaban J connectivity index is 1.74. The molecule has 0 bridgehead atoms. The number of aliphatic carboxylic acids is 1. The zero-order valence-corrected chi connectivity index (χ0v) is 18.7. The SMILES string of the molecule is C=C(/C=C/C(C#N)=C/C=C1\Sc2ccccc2N1CCC(=O)O)Sc1ccccc1C. The molecule has 3 rings (SSSR count). The molecule has 156 valence electrons. The number of benzene rings is 2. The largest absolute Gasteiger partial charge is 0.481 e. The van der Waals surface area contributed by atoms with Crippen LogP contribution in [0.15, 0.2) is 105 Å². The van der Waals surface area contributed by atoms with Crippen molar-refractivity contribution >= 4 is 35.2 Å². The number of nitrogens with zero attached hydrogens (tertiary/aromatic N) is 2. The topological polar surface area (TPSA) is 64.3 Å². The number of fused-ring (bicyclic) bond motifs is 1. The minimum Gasteiger partial charge on any atom is -0.481 e. The van der Waals surface area contributed by atoms with Gasteiger partial charge < -0.3 is 10.0 Å². The second-order valence-corrected chi connectivity index (χ2v) is 9.00. The first-order valence-electron chi connectivity index (χ1n) is 9.66. The smallest absolute Gasteiger partial charge is 0.305 e. The van der Waals surface area contributed by atoms with Crippen LogP contribution < -0.4 is 4.90 Å². The van der Waals surface area contributed by atoms with Crippen LogP contribution in [0.2, 0.25) is 0 Å². The van der Waals surface area contributed by atoms with E-state index >= 15 is 0 Å². The predicted octanol–water partition coefficient (Wildman–Crippen LogP) is 6.54. The number of anilines is 1. The standard InChI is InChI=1S/C25H22N2O2S2/c1-18-7-3-5-9-22(18)30-19(2)11-12-20(17-26)13-14-24-27(16-15-25(28)29)21-8-4-6-10-23(21)31-24/h3-14H,2,15-16H2,1H3,(H,28,29)/b12-11+,20-13-,24-14-. The van der Waals surface area contributed by atoms with Gasteiger partial charge in [0.25, 0.3) is 0 Å². The molecule has 1 heterocycles. The van der Waals surface area contributed by atoms with Crippen LogP contribution in [0.3, 0.4) is 0 Å². The van der Waals surface area contributed by atoms with Crippen LogP contribution in [0.4, 0.5) is 5.69 Å². The van der Waals surface area contributed by atoms with Gasteiger partial charge in [0.15, 0.2) is 0 Å². The lowest BCUT2D eigenvalue weighted by atomic mass is 10.2. The van der Waals surface area contributed by atoms with E-state index in [4.69, 9.17) is 5.11 Å². The minimum atomic E-state index is -0.838. The Kier molecular flexibility index (Phi) is 7.82. The van der Waals surface area contributed by atoms with E-state index in [1.807, 2.05) is 59.5 Å². The van der Waals surface area contributed by atoms with Crippen LogP contribution in [-0.4, -0.2) is 17.6 Å². The molecule has 0 saturated carbocycles. The summed E-state index contributed by atoms with van der Waals surface area (Å²) in [6, 6.07) is 18.2. The van der Waals surface area contributed by atoms with E-state index < -0.39 is 5.97 Å². The van der Waals surface area contributed by atoms with Gasteiger partial charge in [-0.05, 0) is 55.0 Å². The van der Waals surface area contributed by atoms with E-state index in [0.717, 1.165) is 25.4 Å². The van der Waals surface area contributed by atoms with E-state index in [-0.39, 0.29) is 6.42 Å². The van der Waals surface area contributed by atoms with Gasteiger partial charge in [0.05, 0.1) is 28.8 Å². The highest BCUT2D eigenvalue weighted by atomic mass is 32.2. The van der Waals surface area contributed by atoms with Gasteiger partial charge in [0.1, 0.15) is 0 Å². The summed E-state index contributed by atoms with van der Waals surface area (Å²) < 4.78 is 0. The highest BCUT2D eigenvalue weighted by molar-refractivity contribution is 8.03. The number of hydrogen-bond acceptors (Lipinski definition) is 5. The molecular weight excluding hydrogens is 424 g/mol. The second kappa shape index (κ2) is 10.8. The van der Waals surface area contributed by atoms with Crippen molar-refractivity contribution in [2.75, 3.05) is 11.4 Å². The summed E-state index contributed by atoms with van der Waals surface area (Å²) >= 11 is 3.14. The normalized spacial score (nSPS) is 14.6. The number of thioether (sulfide) groups is 2. The summed E-state index contributed by atoms with van der Waals surface area (Å²) in [5.41, 5.74) is 2.67. The number of aryl methyl sites for hydroxylation is 1. The lowest BCUT2D eigenvalue weighted by Gasteiger charge is -2.19. The summed E-state index contributed by atoms with van der Waals surface area (Å²) in [6.45, 7) is 6.50. The summed E-state index contributed by atoms with van der Waals surface area (Å²) in [5.74, 6) is -0.838. The Morgan fingerprint density at radius 2 is 1.97 bits per heavy atom. The Morgan fingerprint density at radius 3 is 2.71 bits per heavy atom. The number of carboxylic acid groups (broad SMARTS) is 1. The maximum atomic E-state index is 11.1. The molecule has 0 saturated heterocycles. The lowest BCUT2D eigenvalue weighted by Crippen LogP contribution is -2.21. The molecule has 0 amide bonds. The average Bonchev–Trinajstić information content (AvgIpc) is 3.11. The molecule has 2 aromatic carbocycles. The van der Waals surface area contributed by atoms with Crippen molar-refractivity contribution in [1.82, 2.24) is 0 Å². The Morgan fingerprint density at radius 1 is 1.23 bits per heavy atom. The molecule has 0 aromatic heterocycles. The molecule has 0 atom stereocenters. The average molecular weight is 447 g/mol. The third kappa shape index (κ3) is 6.17. The van der Waals surface area contributed by atoms with E-state index in [9.17, 15) is 10.1 Å². The van der Waals surface area contributed by atoms with Crippen LogP contribution in [0.5, 0.6) is 0 Å². The molecule has 4 nitrogen and oxygen atoms in total. The van der Waals surface area contributed by atoms with Crippen molar-refractivity contribution in [2.45, 2.75) is 23.1 Å². The molecule has 31 heavy (non-hydrogen) atoms. The zero-order chi connectivity index (χ0) is 22.2. The quantitative estimate of drug-likeness (QED) is 0.282. The Labute approximate surface area is 191 Å². The van der Waals surface area contributed by atoms with Gasteiger partial charge >= 0.3 is 5.97 Å². The molecule has 0 aliphatic carbocycles. The van der Waals surface area contributed by atoms with Crippen LogP contribution in [0.1, 0.15) is 12.0 Å². The molecule has 0 spiro atoms. The molecule has 0 unspecified atom stereocenters. The Bertz CT molecular complexity index is 1130. The van der Waals surface area contributed by atoms with Crippen molar-refractivity contribution in [1.29, 1.82) is 5.26 Å². The van der Waals surface area contributed by atoms with Crippen LogP contribution in [-0.2, 0) is 4.79 Å². The Hall–Kier alpha value is -3.14. The number of carboxylic acids is 1. The van der Waals surface area contributed by atoms with Crippen LogP contribution >= 0.6 is 23.5 Å². The first-order chi connectivity index (χ1) is 15.0. The molecule has 0 radical (unpaired) electrons. The fourth-order valence-electron chi connectivity index (χ4n) is 2.94. The van der Waals surface area contributed by atoms with Crippen LogP contribution in [0, 0.1) is 18.3 Å². The molecule has 2 aromatic rings. The highest BCUT2D eigenvalue weighted by Gasteiger charge is 2.24. The monoisotopic (exact) mass is 446 g/mol. The van der Waals surface area contributed by atoms with Gasteiger partial charge in [-0.2, -0.15) is 5.26 Å². The van der Waals surface area contributed by atoms with Gasteiger partial charge in [-0.15, -0.1) is 0 Å². The fourth-order valence-corrected chi connectivity index (χ4v) is 4.82. The van der Waals surface area contributed by atoms with Crippen molar-refractivity contribution in [3.8, 4) is 6.07 Å². The minimum absolute atomic E-state index is 0.0386. The molecule has 0 fully saturated rings. The van der Waals surface area contributed by atoms with Crippen molar-refractivity contribution in [3.63, 3.8) is 0 Å². The summed E-state index contributed by atoms with van der Waals surface area (Å²) in [7, 11) is 0. The third-order valence-electron chi connectivity index (χ3n) is 4.50. The maximum Gasteiger partial charge on any atom is 0.305 e. The van der Waals surface area contributed by atoms with Gasteiger partial charge in [-0.25, -0.2) is 0 Å². The van der Waals surface area contributed by atoms with Gasteiger partial charge in [0.2, 0.25) is 0 Å². The van der Waals surface area contributed by atoms with Gasteiger partial charge in [0, 0.05) is 21.2 Å². The van der Waals surface area contributed by atoms with E-state index in [1.165, 1.54) is 5.56 Å². The van der Waals surface area contributed by atoms with Crippen molar-refractivity contribution in [3.05, 3.63) is 100 Å². The number of carbonyl (C=O) groups is 1. The van der Waals surface area contributed by atoms with Gasteiger partial charge in [-0.1, -0.05) is 60.4 Å². The summed E-state index contributed by atoms with van der Waals surface area (Å²) in [6.07, 6.45) is 7.25. The zero-order valence-electron chi connectivity index (χ0n) is 17.1. The molecule has 1 N–H and O–H groups in total. The number of para-hydroxylation sites is 1. The predicted molar refractivity (Wildman–Crippen MR) is 129 cm³/mol. The first kappa shape index (κ1) is 22.5. The number of nitriles is 1. The summed E-state index contributed by atoms with van der Waals surface area (Å²) in [5, 5.41) is 19.5. The van der Waals surface area contributed by atoms with E-state index in [2.05, 4.69) is 25.6 Å². The first-order valence-corrected chi connectivity index (χ1v) is 11.3. The molecular formula is C25H22N2O2S2. The second-order valence-electron chi connectivity index (χ2n) is 6.77. The highest BCUT2D eigenvalue weighted by Crippen LogP contribution is 2.45. The summed E-state index contributed by atoms with van der Waals surface area (Å²) in [4.78, 5) is 16.1. The number of hydrogen-bond donors (Lipinski definition) is 1. The molecule has 1 aliphatic heterocycles. The number of rotatable bonds is 8. The third-order valence-corrected chi connectivity index (χ3v) is 6.71. The van der Waals surface area contributed by atoms with Crippen molar-refractivity contribution < 1.29 is 9.90 Å². The fraction of sp³-hybridized carbons (Fsp3) is 0.120. The molecule has 1 aliphatic rings.